The third-order valence-electron chi connectivity index (χ3n) is 7.34. The number of H-pyrrole nitrogens is 1. The number of carbonyl (C=O) groups is 1. The molecule has 4 aromatic heterocycles. The summed E-state index contributed by atoms with van der Waals surface area (Å²) in [6.07, 6.45) is 4.67. The van der Waals surface area contributed by atoms with Gasteiger partial charge in [0.2, 0.25) is 0 Å². The van der Waals surface area contributed by atoms with Crippen molar-refractivity contribution in [1.29, 1.82) is 0 Å². The van der Waals surface area contributed by atoms with E-state index in [1.54, 1.807) is 24.5 Å². The molecule has 9 heteroatoms. The van der Waals surface area contributed by atoms with Crippen LogP contribution < -0.4 is 0 Å². The molecule has 0 saturated carbocycles. The highest BCUT2D eigenvalue weighted by Gasteiger charge is 2.33. The second-order valence-corrected chi connectivity index (χ2v) is 13.2. The molecular weight excluding hydrogens is 592 g/mol. The van der Waals surface area contributed by atoms with E-state index in [1.807, 2.05) is 82.6 Å². The minimum Gasteiger partial charge on any atom is -0.464 e. The van der Waals surface area contributed by atoms with Crippen LogP contribution in [0.15, 0.2) is 67.1 Å². The lowest BCUT2D eigenvalue weighted by atomic mass is 9.91. The Morgan fingerprint density at radius 1 is 1.00 bits per heavy atom. The predicted octanol–water partition coefficient (Wildman–Crippen LogP) is 9.26. The van der Waals surface area contributed by atoms with E-state index in [-0.39, 0.29) is 6.61 Å². The minimum absolute atomic E-state index is 0.252. The monoisotopic (exact) mass is 624 g/mol. The van der Waals surface area contributed by atoms with Crippen LogP contribution in [0.25, 0.3) is 54.2 Å². The molecule has 0 radical (unpaired) electrons. The fourth-order valence-electron chi connectivity index (χ4n) is 5.37. The van der Waals surface area contributed by atoms with E-state index in [2.05, 4.69) is 27.9 Å². The van der Waals surface area contributed by atoms with Crippen LogP contribution in [-0.4, -0.2) is 38.1 Å². The number of nitrogens with zero attached hydrogens (tertiary/aromatic N) is 3. The quantitative estimate of drug-likeness (QED) is 0.178. The van der Waals surface area contributed by atoms with Crippen LogP contribution in [0.2, 0.25) is 5.02 Å². The molecule has 0 unspecified atom stereocenters. The molecule has 7 nitrogen and oxygen atoms in total. The molecule has 0 amide bonds. The highest BCUT2D eigenvalue weighted by atomic mass is 35.5. The average Bonchev–Trinajstić information content (AvgIpc) is 3.58. The van der Waals surface area contributed by atoms with E-state index < -0.39 is 17.7 Å². The summed E-state index contributed by atoms with van der Waals surface area (Å²) in [5.74, 6) is -0.424. The molecule has 1 atom stereocenters. The maximum Gasteiger partial charge on any atom is 0.339 e. The number of carbonyl (C=O) groups excluding carboxylic acids is 1. The predicted molar refractivity (Wildman–Crippen MR) is 178 cm³/mol. The van der Waals surface area contributed by atoms with Gasteiger partial charge >= 0.3 is 5.97 Å². The number of hydrogen-bond acceptors (Lipinski definition) is 7. The van der Waals surface area contributed by atoms with Crippen molar-refractivity contribution >= 4 is 50.2 Å². The van der Waals surface area contributed by atoms with Crippen molar-refractivity contribution in [3.63, 3.8) is 0 Å². The standard InChI is InChI=1S/C35H33ClN4O3S/c1-7-42-34(41)30(43-35(4,5)6)28-19(2)14-27-31(29(28)21-8-10-24(36)11-9-21)44-33(40-27)22-12-13-37-26(16-22)23-15-25-20(3)17-38-32(25)39-18-23/h8-18,30H,7H2,1-6H3,(H,38,39)/t30-/m0/s1. The van der Waals surface area contributed by atoms with E-state index >= 15 is 0 Å². The molecule has 6 rings (SSSR count). The molecule has 4 heterocycles. The molecule has 0 aliphatic carbocycles. The van der Waals surface area contributed by atoms with Gasteiger partial charge < -0.3 is 14.5 Å². The number of aromatic amines is 1. The fraction of sp³-hybridized carbons (Fsp3) is 0.257. The van der Waals surface area contributed by atoms with Crippen molar-refractivity contribution < 1.29 is 14.3 Å². The van der Waals surface area contributed by atoms with Crippen LogP contribution in [0.3, 0.4) is 0 Å². The number of pyridine rings is 2. The number of thiazole rings is 1. The van der Waals surface area contributed by atoms with Crippen molar-refractivity contribution in [3.8, 4) is 33.0 Å². The maximum absolute atomic E-state index is 13.4. The van der Waals surface area contributed by atoms with Crippen LogP contribution in [0.4, 0.5) is 0 Å². The van der Waals surface area contributed by atoms with Gasteiger partial charge in [-0.3, -0.25) is 4.98 Å². The summed E-state index contributed by atoms with van der Waals surface area (Å²) in [5.41, 5.74) is 8.35. The molecule has 0 saturated heterocycles. The summed E-state index contributed by atoms with van der Waals surface area (Å²) < 4.78 is 12.9. The van der Waals surface area contributed by atoms with Gasteiger partial charge in [-0.2, -0.15) is 0 Å². The second-order valence-electron chi connectivity index (χ2n) is 11.7. The van der Waals surface area contributed by atoms with Crippen LogP contribution in [-0.2, 0) is 14.3 Å². The van der Waals surface area contributed by atoms with Gasteiger partial charge in [0.15, 0.2) is 6.10 Å². The summed E-state index contributed by atoms with van der Waals surface area (Å²) in [6.45, 7) is 11.9. The van der Waals surface area contributed by atoms with Crippen molar-refractivity contribution in [2.24, 2.45) is 0 Å². The molecule has 0 aliphatic rings. The molecule has 44 heavy (non-hydrogen) atoms. The molecular formula is C35H33ClN4O3S. The smallest absolute Gasteiger partial charge is 0.339 e. The average molecular weight is 625 g/mol. The number of nitrogens with one attached hydrogen (secondary N) is 1. The molecule has 2 aromatic carbocycles. The highest BCUT2D eigenvalue weighted by molar-refractivity contribution is 7.22. The summed E-state index contributed by atoms with van der Waals surface area (Å²) in [5, 5.41) is 2.54. The van der Waals surface area contributed by atoms with Gasteiger partial charge in [-0.25, -0.2) is 14.8 Å². The lowest BCUT2D eigenvalue weighted by molar-refractivity contribution is -0.166. The van der Waals surface area contributed by atoms with Crippen LogP contribution in [0.5, 0.6) is 0 Å². The van der Waals surface area contributed by atoms with Crippen molar-refractivity contribution in [1.82, 2.24) is 19.9 Å². The van der Waals surface area contributed by atoms with E-state index in [1.165, 1.54) is 0 Å². The summed E-state index contributed by atoms with van der Waals surface area (Å²) in [4.78, 5) is 31.0. The third-order valence-corrected chi connectivity index (χ3v) is 8.73. The van der Waals surface area contributed by atoms with Gasteiger partial charge in [0.05, 0.1) is 28.1 Å². The van der Waals surface area contributed by atoms with Gasteiger partial charge in [-0.15, -0.1) is 11.3 Å². The van der Waals surface area contributed by atoms with Crippen LogP contribution >= 0.6 is 22.9 Å². The first-order chi connectivity index (χ1) is 21.0. The topological polar surface area (TPSA) is 90.0 Å². The summed E-state index contributed by atoms with van der Waals surface area (Å²) >= 11 is 7.86. The van der Waals surface area contributed by atoms with Crippen molar-refractivity contribution in [3.05, 3.63) is 88.8 Å². The number of rotatable bonds is 7. The number of halogens is 1. The highest BCUT2D eigenvalue weighted by Crippen LogP contribution is 2.45. The van der Waals surface area contributed by atoms with Gasteiger partial charge in [-0.05, 0) is 94.6 Å². The van der Waals surface area contributed by atoms with E-state index in [9.17, 15) is 4.79 Å². The normalized spacial score (nSPS) is 12.6. The first-order valence-corrected chi connectivity index (χ1v) is 15.7. The zero-order valence-electron chi connectivity index (χ0n) is 25.5. The Kier molecular flexibility index (Phi) is 8.01. The first-order valence-electron chi connectivity index (χ1n) is 14.5. The van der Waals surface area contributed by atoms with Crippen molar-refractivity contribution in [2.45, 2.75) is 53.2 Å². The Morgan fingerprint density at radius 2 is 1.77 bits per heavy atom. The summed E-state index contributed by atoms with van der Waals surface area (Å²) in [6, 6.07) is 15.8. The number of ether oxygens (including phenoxy) is 2. The van der Waals surface area contributed by atoms with Gasteiger partial charge in [-0.1, -0.05) is 23.7 Å². The van der Waals surface area contributed by atoms with Gasteiger partial charge in [0.25, 0.3) is 0 Å². The Hall–Kier alpha value is -4.11. The number of hydrogen-bond donors (Lipinski definition) is 1. The Labute approximate surface area is 265 Å². The zero-order chi connectivity index (χ0) is 31.2. The van der Waals surface area contributed by atoms with E-state index in [0.29, 0.717) is 5.02 Å². The number of esters is 1. The molecule has 1 N–H and O–H groups in total. The van der Waals surface area contributed by atoms with Gasteiger partial charge in [0.1, 0.15) is 10.7 Å². The lowest BCUT2D eigenvalue weighted by Crippen LogP contribution is -2.29. The molecule has 0 fully saturated rings. The number of aryl methyl sites for hydroxylation is 2. The Morgan fingerprint density at radius 3 is 2.50 bits per heavy atom. The Bertz CT molecular complexity index is 2010. The molecule has 0 bridgehead atoms. The van der Waals surface area contributed by atoms with Gasteiger partial charge in [0, 0.05) is 51.3 Å². The molecule has 0 aliphatic heterocycles. The van der Waals surface area contributed by atoms with E-state index in [4.69, 9.17) is 26.1 Å². The lowest BCUT2D eigenvalue weighted by Gasteiger charge is -2.29. The van der Waals surface area contributed by atoms with E-state index in [0.717, 1.165) is 70.9 Å². The molecule has 6 aromatic rings. The number of fused-ring (bicyclic) bond motifs is 2. The minimum atomic E-state index is -0.928. The maximum atomic E-state index is 13.4. The first kappa shape index (κ1) is 29.9. The molecule has 224 valence electrons. The largest absolute Gasteiger partial charge is 0.464 e. The third kappa shape index (κ3) is 5.85. The van der Waals surface area contributed by atoms with Crippen molar-refractivity contribution in [2.75, 3.05) is 6.61 Å². The number of aromatic nitrogens is 4. The van der Waals surface area contributed by atoms with Crippen LogP contribution in [0, 0.1) is 13.8 Å². The second kappa shape index (κ2) is 11.8. The Balaban J connectivity index is 1.54. The molecule has 0 spiro atoms. The zero-order valence-corrected chi connectivity index (χ0v) is 27.1. The SMILES string of the molecule is CCOC(=O)[C@@H](OC(C)(C)C)c1c(C)cc2nc(-c3ccnc(-c4cnc5[nH]cc(C)c5c4)c3)sc2c1-c1ccc(Cl)cc1. The number of benzene rings is 2. The summed E-state index contributed by atoms with van der Waals surface area (Å²) in [7, 11) is 0. The van der Waals surface area contributed by atoms with Crippen LogP contribution in [0.1, 0.15) is 50.5 Å². The fourth-order valence-corrected chi connectivity index (χ4v) is 6.62.